The first kappa shape index (κ1) is 10.0. The molecule has 0 spiro atoms. The van der Waals surface area contributed by atoms with Crippen molar-refractivity contribution in [3.63, 3.8) is 0 Å². The summed E-state index contributed by atoms with van der Waals surface area (Å²) in [4.78, 5) is 0. The van der Waals surface area contributed by atoms with Gasteiger partial charge in [-0.2, -0.15) is 0 Å². The van der Waals surface area contributed by atoms with Gasteiger partial charge in [0.15, 0.2) is 0 Å². The molecule has 1 aromatic rings. The third kappa shape index (κ3) is 3.44. The molecule has 1 aromatic carbocycles. The van der Waals surface area contributed by atoms with Gasteiger partial charge >= 0.3 is 0 Å². The fourth-order valence-electron chi connectivity index (χ4n) is 1.23. The number of aryl methyl sites for hydroxylation is 2. The SMILES string of the molecule is Cc1cc(C)cc(OCCNO)c1. The maximum Gasteiger partial charge on any atom is 0.119 e. The number of hydroxylamine groups is 1. The molecule has 0 aliphatic rings. The van der Waals surface area contributed by atoms with Crippen LogP contribution in [0.25, 0.3) is 0 Å². The lowest BCUT2D eigenvalue weighted by molar-refractivity contribution is 0.145. The van der Waals surface area contributed by atoms with Gasteiger partial charge in [0.05, 0.1) is 6.54 Å². The number of rotatable bonds is 4. The maximum absolute atomic E-state index is 8.32. The molecule has 0 radical (unpaired) electrons. The molecule has 2 N–H and O–H groups in total. The van der Waals surface area contributed by atoms with E-state index in [1.165, 1.54) is 11.1 Å². The highest BCUT2D eigenvalue weighted by atomic mass is 16.5. The third-order valence-electron chi connectivity index (χ3n) is 1.68. The molecule has 1 rings (SSSR count). The Labute approximate surface area is 78.3 Å². The van der Waals surface area contributed by atoms with Crippen LogP contribution in [0.15, 0.2) is 18.2 Å². The van der Waals surface area contributed by atoms with Crippen LogP contribution >= 0.6 is 0 Å². The minimum Gasteiger partial charge on any atom is -0.492 e. The van der Waals surface area contributed by atoms with E-state index in [-0.39, 0.29) is 0 Å². The molecule has 0 atom stereocenters. The van der Waals surface area contributed by atoms with Gasteiger partial charge in [-0.05, 0) is 37.1 Å². The van der Waals surface area contributed by atoms with E-state index in [0.29, 0.717) is 13.2 Å². The summed E-state index contributed by atoms with van der Waals surface area (Å²) in [7, 11) is 0. The Morgan fingerprint density at radius 2 is 1.85 bits per heavy atom. The van der Waals surface area contributed by atoms with Crippen LogP contribution in [0, 0.1) is 13.8 Å². The summed E-state index contributed by atoms with van der Waals surface area (Å²) in [6.07, 6.45) is 0. The van der Waals surface area contributed by atoms with Crippen LogP contribution in [0.2, 0.25) is 0 Å². The van der Waals surface area contributed by atoms with E-state index in [0.717, 1.165) is 5.75 Å². The molecule has 0 amide bonds. The predicted molar refractivity (Wildman–Crippen MR) is 51.2 cm³/mol. The first-order chi connectivity index (χ1) is 6.22. The van der Waals surface area contributed by atoms with Crippen molar-refractivity contribution in [1.82, 2.24) is 5.48 Å². The average Bonchev–Trinajstić information content (AvgIpc) is 2.03. The largest absolute Gasteiger partial charge is 0.492 e. The Hall–Kier alpha value is -1.06. The van der Waals surface area contributed by atoms with E-state index in [1.807, 2.05) is 31.5 Å². The zero-order valence-electron chi connectivity index (χ0n) is 8.00. The Bertz CT molecular complexity index is 253. The fourth-order valence-corrected chi connectivity index (χ4v) is 1.23. The monoisotopic (exact) mass is 181 g/mol. The van der Waals surface area contributed by atoms with Crippen molar-refractivity contribution in [2.75, 3.05) is 13.2 Å². The molecule has 0 aliphatic heterocycles. The Kier molecular flexibility index (Phi) is 3.73. The van der Waals surface area contributed by atoms with Crippen LogP contribution in [-0.2, 0) is 0 Å². The molecule has 13 heavy (non-hydrogen) atoms. The number of nitrogens with one attached hydrogen (secondary N) is 1. The van der Waals surface area contributed by atoms with Gasteiger partial charge in [0.25, 0.3) is 0 Å². The van der Waals surface area contributed by atoms with Crippen LogP contribution in [0.5, 0.6) is 5.75 Å². The van der Waals surface area contributed by atoms with Gasteiger partial charge in [0.2, 0.25) is 0 Å². The second-order valence-electron chi connectivity index (χ2n) is 3.08. The van der Waals surface area contributed by atoms with Gasteiger partial charge in [-0.1, -0.05) is 6.07 Å². The molecule has 3 nitrogen and oxygen atoms in total. The summed E-state index contributed by atoms with van der Waals surface area (Å²) >= 11 is 0. The molecule has 0 aromatic heterocycles. The standard InChI is InChI=1S/C10H15NO2/c1-8-5-9(2)7-10(6-8)13-4-3-11-12/h5-7,11-12H,3-4H2,1-2H3. The zero-order chi connectivity index (χ0) is 9.68. The minimum atomic E-state index is 0.437. The van der Waals surface area contributed by atoms with Crippen molar-refractivity contribution in [3.8, 4) is 5.75 Å². The van der Waals surface area contributed by atoms with Gasteiger partial charge in [-0.3, -0.25) is 0 Å². The van der Waals surface area contributed by atoms with E-state index >= 15 is 0 Å². The molecule has 0 bridgehead atoms. The number of hydrogen-bond acceptors (Lipinski definition) is 3. The minimum absolute atomic E-state index is 0.437. The van der Waals surface area contributed by atoms with Crippen molar-refractivity contribution in [3.05, 3.63) is 29.3 Å². The lowest BCUT2D eigenvalue weighted by Crippen LogP contribution is -2.16. The smallest absolute Gasteiger partial charge is 0.119 e. The number of benzene rings is 1. The van der Waals surface area contributed by atoms with Crippen molar-refractivity contribution >= 4 is 0 Å². The highest BCUT2D eigenvalue weighted by Gasteiger charge is 1.95. The first-order valence-electron chi connectivity index (χ1n) is 4.30. The zero-order valence-corrected chi connectivity index (χ0v) is 8.00. The summed E-state index contributed by atoms with van der Waals surface area (Å²) in [6.45, 7) is 4.97. The van der Waals surface area contributed by atoms with E-state index in [2.05, 4.69) is 6.07 Å². The second-order valence-corrected chi connectivity index (χ2v) is 3.08. The second kappa shape index (κ2) is 4.84. The quantitative estimate of drug-likeness (QED) is 0.548. The van der Waals surface area contributed by atoms with Crippen LogP contribution in [0.1, 0.15) is 11.1 Å². The predicted octanol–water partition coefficient (Wildman–Crippen LogP) is 1.66. The van der Waals surface area contributed by atoms with E-state index in [1.54, 1.807) is 0 Å². The van der Waals surface area contributed by atoms with Crippen molar-refractivity contribution in [2.45, 2.75) is 13.8 Å². The number of hydrogen-bond donors (Lipinski definition) is 2. The first-order valence-corrected chi connectivity index (χ1v) is 4.30. The molecule has 0 fully saturated rings. The molecular formula is C10H15NO2. The molecule has 72 valence electrons. The highest BCUT2D eigenvalue weighted by Crippen LogP contribution is 2.15. The van der Waals surface area contributed by atoms with Crippen molar-refractivity contribution in [2.24, 2.45) is 0 Å². The Morgan fingerprint density at radius 1 is 1.23 bits per heavy atom. The van der Waals surface area contributed by atoms with Crippen LogP contribution in [-0.4, -0.2) is 18.4 Å². The number of ether oxygens (including phenoxy) is 1. The summed E-state index contributed by atoms with van der Waals surface area (Å²) < 4.78 is 5.39. The fraction of sp³-hybridized carbons (Fsp3) is 0.400. The Balaban J connectivity index is 2.56. The molecule has 0 saturated heterocycles. The molecular weight excluding hydrogens is 166 g/mol. The van der Waals surface area contributed by atoms with Crippen LogP contribution in [0.3, 0.4) is 0 Å². The van der Waals surface area contributed by atoms with E-state index < -0.39 is 0 Å². The molecule has 0 saturated carbocycles. The molecule has 3 heteroatoms. The lowest BCUT2D eigenvalue weighted by Gasteiger charge is -2.07. The summed E-state index contributed by atoms with van der Waals surface area (Å²) in [6, 6.07) is 6.05. The average molecular weight is 181 g/mol. The van der Waals surface area contributed by atoms with Crippen molar-refractivity contribution in [1.29, 1.82) is 0 Å². The highest BCUT2D eigenvalue weighted by molar-refractivity contribution is 5.32. The van der Waals surface area contributed by atoms with Gasteiger partial charge in [-0.15, -0.1) is 0 Å². The normalized spacial score (nSPS) is 10.1. The molecule has 0 heterocycles. The maximum atomic E-state index is 8.32. The lowest BCUT2D eigenvalue weighted by atomic mass is 10.1. The van der Waals surface area contributed by atoms with Gasteiger partial charge in [0.1, 0.15) is 12.4 Å². The molecule has 0 aliphatic carbocycles. The van der Waals surface area contributed by atoms with E-state index in [4.69, 9.17) is 9.94 Å². The third-order valence-corrected chi connectivity index (χ3v) is 1.68. The summed E-state index contributed by atoms with van der Waals surface area (Å²) in [5.41, 5.74) is 4.42. The van der Waals surface area contributed by atoms with E-state index in [9.17, 15) is 0 Å². The van der Waals surface area contributed by atoms with Crippen molar-refractivity contribution < 1.29 is 9.94 Å². The van der Waals surface area contributed by atoms with Gasteiger partial charge in [-0.25, -0.2) is 5.48 Å². The van der Waals surface area contributed by atoms with Crippen LogP contribution < -0.4 is 10.2 Å². The molecule has 0 unspecified atom stereocenters. The van der Waals surface area contributed by atoms with Gasteiger partial charge in [0, 0.05) is 0 Å². The summed E-state index contributed by atoms with van der Waals surface area (Å²) in [5.74, 6) is 0.854. The van der Waals surface area contributed by atoms with Gasteiger partial charge < -0.3 is 9.94 Å². The Morgan fingerprint density at radius 3 is 2.38 bits per heavy atom. The van der Waals surface area contributed by atoms with Crippen LogP contribution in [0.4, 0.5) is 0 Å². The summed E-state index contributed by atoms with van der Waals surface area (Å²) in [5, 5.41) is 8.32. The topological polar surface area (TPSA) is 41.5 Å².